The Hall–Kier alpha value is -4.26. The lowest BCUT2D eigenvalue weighted by atomic mass is 10.0. The first-order valence-electron chi connectivity index (χ1n) is 12.0. The van der Waals surface area contributed by atoms with Crippen molar-refractivity contribution in [2.75, 3.05) is 25.1 Å². The summed E-state index contributed by atoms with van der Waals surface area (Å²) < 4.78 is 17.4. The van der Waals surface area contributed by atoms with Crippen molar-refractivity contribution in [3.8, 4) is 11.9 Å². The third-order valence-electron chi connectivity index (χ3n) is 6.59. The van der Waals surface area contributed by atoms with E-state index in [1.165, 1.54) is 7.11 Å². The van der Waals surface area contributed by atoms with Gasteiger partial charge in [0.1, 0.15) is 41.6 Å². The van der Waals surface area contributed by atoms with Crippen LogP contribution in [0.3, 0.4) is 0 Å². The monoisotopic (exact) mass is 489 g/mol. The number of nitrogens with one attached hydrogen (secondary N) is 1. The van der Waals surface area contributed by atoms with Crippen LogP contribution < -0.4 is 15.0 Å². The minimum Gasteiger partial charge on any atom is -0.488 e. The SMILES string of the molecule is COc1ncc(N2C=COC(C3=C(O[C@H]4CCN(C(=O)C5CCC(=O)N5)C4)C=CCC3)=C2)cc1C#N. The molecule has 0 spiro atoms. The van der Waals surface area contributed by atoms with Gasteiger partial charge in [0.05, 0.1) is 31.7 Å². The van der Waals surface area contributed by atoms with E-state index in [-0.39, 0.29) is 23.8 Å². The second-order valence-electron chi connectivity index (χ2n) is 8.92. The Bertz CT molecular complexity index is 1230. The normalized spacial score (nSPS) is 23.2. The number of hydrogen-bond donors (Lipinski definition) is 1. The Labute approximate surface area is 209 Å². The lowest BCUT2D eigenvalue weighted by Gasteiger charge is -2.26. The van der Waals surface area contributed by atoms with Crippen molar-refractivity contribution in [3.05, 3.63) is 65.7 Å². The lowest BCUT2D eigenvalue weighted by molar-refractivity contribution is -0.133. The van der Waals surface area contributed by atoms with E-state index >= 15 is 0 Å². The lowest BCUT2D eigenvalue weighted by Crippen LogP contribution is -2.43. The Morgan fingerprint density at radius 1 is 1.33 bits per heavy atom. The summed E-state index contributed by atoms with van der Waals surface area (Å²) in [5, 5.41) is 12.2. The molecule has 1 aliphatic carbocycles. The first-order valence-corrected chi connectivity index (χ1v) is 12.0. The first kappa shape index (κ1) is 23.5. The molecule has 2 amide bonds. The summed E-state index contributed by atoms with van der Waals surface area (Å²) in [5.74, 6) is 1.54. The van der Waals surface area contributed by atoms with Gasteiger partial charge in [-0.25, -0.2) is 4.98 Å². The smallest absolute Gasteiger partial charge is 0.245 e. The van der Waals surface area contributed by atoms with Gasteiger partial charge >= 0.3 is 0 Å². The van der Waals surface area contributed by atoms with Crippen molar-refractivity contribution >= 4 is 17.5 Å². The highest BCUT2D eigenvalue weighted by Crippen LogP contribution is 2.33. The predicted molar refractivity (Wildman–Crippen MR) is 129 cm³/mol. The Balaban J connectivity index is 1.31. The van der Waals surface area contributed by atoms with E-state index in [4.69, 9.17) is 14.2 Å². The number of nitriles is 1. The molecular formula is C26H27N5O5. The van der Waals surface area contributed by atoms with E-state index < -0.39 is 6.04 Å². The minimum atomic E-state index is -0.423. The van der Waals surface area contributed by atoms with Gasteiger partial charge in [-0.15, -0.1) is 0 Å². The van der Waals surface area contributed by atoms with Gasteiger partial charge in [0.15, 0.2) is 0 Å². The number of amides is 2. The zero-order valence-electron chi connectivity index (χ0n) is 20.0. The number of pyridine rings is 1. The molecule has 4 aliphatic rings. The van der Waals surface area contributed by atoms with Crippen molar-refractivity contribution in [2.45, 2.75) is 44.2 Å². The molecule has 186 valence electrons. The third-order valence-corrected chi connectivity index (χ3v) is 6.59. The molecule has 1 unspecified atom stereocenters. The maximum Gasteiger partial charge on any atom is 0.245 e. The van der Waals surface area contributed by atoms with Gasteiger partial charge in [-0.1, -0.05) is 6.08 Å². The number of nitrogens with zero attached hydrogens (tertiary/aromatic N) is 4. The van der Waals surface area contributed by atoms with E-state index in [0.29, 0.717) is 42.9 Å². The summed E-state index contributed by atoms with van der Waals surface area (Å²) in [6.45, 7) is 1.08. The average molecular weight is 490 g/mol. The zero-order chi connectivity index (χ0) is 25.1. The number of allylic oxidation sites excluding steroid dienone is 3. The summed E-state index contributed by atoms with van der Waals surface area (Å²) >= 11 is 0. The Morgan fingerprint density at radius 3 is 3.00 bits per heavy atom. The Kier molecular flexibility index (Phi) is 6.62. The molecule has 0 bridgehead atoms. The van der Waals surface area contributed by atoms with E-state index in [9.17, 15) is 14.9 Å². The molecule has 0 saturated carbocycles. The fraction of sp³-hybridized carbons (Fsp3) is 0.385. The molecule has 4 heterocycles. The van der Waals surface area contributed by atoms with E-state index in [2.05, 4.69) is 22.4 Å². The van der Waals surface area contributed by atoms with Crippen LogP contribution in [-0.2, 0) is 19.1 Å². The van der Waals surface area contributed by atoms with Gasteiger partial charge in [-0.2, -0.15) is 5.26 Å². The highest BCUT2D eigenvalue weighted by Gasteiger charge is 2.35. The van der Waals surface area contributed by atoms with Crippen LogP contribution in [0, 0.1) is 11.3 Å². The van der Waals surface area contributed by atoms with Crippen LogP contribution >= 0.6 is 0 Å². The van der Waals surface area contributed by atoms with Crippen LogP contribution in [0.5, 0.6) is 5.88 Å². The summed E-state index contributed by atoms with van der Waals surface area (Å²) in [7, 11) is 1.48. The van der Waals surface area contributed by atoms with Crippen LogP contribution in [-0.4, -0.2) is 54.0 Å². The highest BCUT2D eigenvalue weighted by atomic mass is 16.5. The molecule has 0 radical (unpaired) electrons. The molecule has 10 nitrogen and oxygen atoms in total. The molecule has 2 fully saturated rings. The summed E-state index contributed by atoms with van der Waals surface area (Å²) in [6.07, 6.45) is 13.9. The number of carbonyl (C=O) groups is 2. The molecule has 0 aromatic carbocycles. The third kappa shape index (κ3) is 4.77. The van der Waals surface area contributed by atoms with Crippen molar-refractivity contribution in [3.63, 3.8) is 0 Å². The molecule has 1 aromatic rings. The number of likely N-dealkylation sites (tertiary alicyclic amines) is 1. The van der Waals surface area contributed by atoms with Gasteiger partial charge in [-0.05, 0) is 31.4 Å². The molecule has 3 aliphatic heterocycles. The molecule has 2 atom stereocenters. The van der Waals surface area contributed by atoms with Crippen molar-refractivity contribution in [2.24, 2.45) is 0 Å². The fourth-order valence-corrected chi connectivity index (χ4v) is 4.72. The average Bonchev–Trinajstić information content (AvgIpc) is 3.57. The molecule has 10 heteroatoms. The summed E-state index contributed by atoms with van der Waals surface area (Å²) in [6, 6.07) is 3.39. The number of anilines is 1. The molecule has 1 aromatic heterocycles. The van der Waals surface area contributed by atoms with Crippen molar-refractivity contribution in [1.29, 1.82) is 5.26 Å². The van der Waals surface area contributed by atoms with E-state index in [1.807, 2.05) is 17.2 Å². The van der Waals surface area contributed by atoms with E-state index in [0.717, 1.165) is 30.6 Å². The number of aromatic nitrogens is 1. The summed E-state index contributed by atoms with van der Waals surface area (Å²) in [5.41, 5.74) is 1.97. The highest BCUT2D eigenvalue weighted by molar-refractivity contribution is 5.91. The fourth-order valence-electron chi connectivity index (χ4n) is 4.72. The largest absolute Gasteiger partial charge is 0.488 e. The van der Waals surface area contributed by atoms with Gasteiger partial charge in [0.25, 0.3) is 0 Å². The van der Waals surface area contributed by atoms with Gasteiger partial charge in [0, 0.05) is 31.2 Å². The zero-order valence-corrected chi connectivity index (χ0v) is 20.0. The first-order chi connectivity index (χ1) is 17.6. The molecule has 5 rings (SSSR count). The summed E-state index contributed by atoms with van der Waals surface area (Å²) in [4.78, 5) is 32.1. The number of ether oxygens (including phenoxy) is 3. The Morgan fingerprint density at radius 2 is 2.22 bits per heavy atom. The number of hydrogen-bond acceptors (Lipinski definition) is 8. The maximum absolute atomic E-state index is 12.8. The van der Waals surface area contributed by atoms with Crippen LogP contribution in [0.4, 0.5) is 5.69 Å². The van der Waals surface area contributed by atoms with Crippen LogP contribution in [0.2, 0.25) is 0 Å². The quantitative estimate of drug-likeness (QED) is 0.648. The second-order valence-corrected chi connectivity index (χ2v) is 8.92. The molecular weight excluding hydrogens is 462 g/mol. The van der Waals surface area contributed by atoms with Crippen LogP contribution in [0.15, 0.2) is 60.2 Å². The maximum atomic E-state index is 12.8. The number of rotatable bonds is 6. The number of methoxy groups -OCH3 is 1. The standard InChI is InChI=1S/C26H27N5O5/c1-34-25-17(13-27)12-18(14-28-25)30-10-11-35-23(16-30)20-4-2-3-5-22(20)36-19-8-9-31(15-19)26(33)21-6-7-24(32)29-21/h3,5,10-12,14,16,19,21H,2,4,6-9,15H2,1H3,(H,29,32)/t19-,21?/m0/s1. The predicted octanol–water partition coefficient (Wildman–Crippen LogP) is 2.61. The van der Waals surface area contributed by atoms with Gasteiger partial charge in [-0.3, -0.25) is 9.59 Å². The van der Waals surface area contributed by atoms with Crippen molar-refractivity contribution in [1.82, 2.24) is 15.2 Å². The van der Waals surface area contributed by atoms with Gasteiger partial charge < -0.3 is 29.3 Å². The molecule has 1 N–H and O–H groups in total. The van der Waals surface area contributed by atoms with Crippen LogP contribution in [0.1, 0.15) is 37.7 Å². The molecule has 36 heavy (non-hydrogen) atoms. The van der Waals surface area contributed by atoms with E-state index in [1.54, 1.807) is 29.6 Å². The topological polar surface area (TPSA) is 117 Å². The molecule has 2 saturated heterocycles. The second kappa shape index (κ2) is 10.2. The van der Waals surface area contributed by atoms with Crippen molar-refractivity contribution < 1.29 is 23.8 Å². The number of carbonyl (C=O) groups excluding carboxylic acids is 2. The van der Waals surface area contributed by atoms with Crippen LogP contribution in [0.25, 0.3) is 0 Å². The minimum absolute atomic E-state index is 0.0377. The van der Waals surface area contributed by atoms with Gasteiger partial charge in [0.2, 0.25) is 17.7 Å².